The van der Waals surface area contributed by atoms with Crippen LogP contribution in [0.1, 0.15) is 99.3 Å². The molecular weight excluding hydrogens is 484 g/mol. The molecule has 0 aromatic carbocycles. The number of hydrogen-bond donors (Lipinski definition) is 1. The third-order valence-corrected chi connectivity index (χ3v) is 12.1. The summed E-state index contributed by atoms with van der Waals surface area (Å²) >= 11 is 0. The maximum atomic E-state index is 14.1. The third-order valence-electron chi connectivity index (χ3n) is 12.1. The van der Waals surface area contributed by atoms with Crippen molar-refractivity contribution >= 4 is 17.7 Å². The molecule has 0 aromatic rings. The number of esters is 2. The summed E-state index contributed by atoms with van der Waals surface area (Å²) in [5.41, 5.74) is -0.350. The van der Waals surface area contributed by atoms with Gasteiger partial charge in [0.05, 0.1) is 12.7 Å². The largest absolute Gasteiger partial charge is 0.466 e. The molecule has 5 rings (SSSR count). The van der Waals surface area contributed by atoms with Gasteiger partial charge in [-0.3, -0.25) is 14.4 Å². The Morgan fingerprint density at radius 3 is 2.53 bits per heavy atom. The van der Waals surface area contributed by atoms with Crippen LogP contribution in [0.25, 0.3) is 0 Å². The minimum absolute atomic E-state index is 0.0150. The number of carbonyl (C=O) groups is 3. The molecule has 0 radical (unpaired) electrons. The van der Waals surface area contributed by atoms with Gasteiger partial charge in [-0.05, 0) is 80.0 Å². The molecule has 4 saturated carbocycles. The van der Waals surface area contributed by atoms with Crippen molar-refractivity contribution < 1.29 is 33.7 Å². The SMILES string of the molecule is CC(=O)OC[C@@H](C)CC[C@@]1(O)O[C@H]2C[C@H]3[C@@H]4CC[C@H]5C[C@@H](OC(C)=O)CC[C@]5(C)[C@H]4CC(=O)[C@]3(C)[C@H]2[C@@H]1C. The van der Waals surface area contributed by atoms with Crippen molar-refractivity contribution in [2.24, 2.45) is 52.3 Å². The number of Topliss-reactive ketones (excluding diaryl/α,β-unsaturated/α-hetero) is 1. The molecule has 0 unspecified atom stereocenters. The topological polar surface area (TPSA) is 99.1 Å². The third kappa shape index (κ3) is 4.44. The lowest BCUT2D eigenvalue weighted by Gasteiger charge is -2.60. The van der Waals surface area contributed by atoms with Gasteiger partial charge in [0.15, 0.2) is 5.79 Å². The molecule has 12 atom stereocenters. The molecule has 1 aliphatic heterocycles. The van der Waals surface area contributed by atoms with Crippen molar-refractivity contribution in [2.75, 3.05) is 6.61 Å². The van der Waals surface area contributed by atoms with Gasteiger partial charge in [-0.15, -0.1) is 0 Å². The number of hydrogen-bond acceptors (Lipinski definition) is 7. The molecule has 1 heterocycles. The Morgan fingerprint density at radius 1 is 1.11 bits per heavy atom. The summed E-state index contributed by atoms with van der Waals surface area (Å²) in [4.78, 5) is 36.9. The number of aliphatic hydroxyl groups is 1. The second-order valence-electron chi connectivity index (χ2n) is 14.1. The molecule has 1 N–H and O–H groups in total. The Balaban J connectivity index is 1.30. The predicted octanol–water partition coefficient (Wildman–Crippen LogP) is 5.07. The van der Waals surface area contributed by atoms with Crippen molar-refractivity contribution in [3.63, 3.8) is 0 Å². The van der Waals surface area contributed by atoms with Crippen LogP contribution in [0, 0.1) is 52.3 Å². The number of fused-ring (bicyclic) bond motifs is 7. The highest BCUT2D eigenvalue weighted by atomic mass is 16.6. The fourth-order valence-electron chi connectivity index (χ4n) is 10.0. The van der Waals surface area contributed by atoms with Crippen molar-refractivity contribution in [2.45, 2.75) is 117 Å². The van der Waals surface area contributed by atoms with Crippen molar-refractivity contribution in [3.05, 3.63) is 0 Å². The molecule has 38 heavy (non-hydrogen) atoms. The van der Waals surface area contributed by atoms with Crippen LogP contribution >= 0.6 is 0 Å². The van der Waals surface area contributed by atoms with E-state index in [0.29, 0.717) is 55.3 Å². The van der Waals surface area contributed by atoms with Crippen LogP contribution < -0.4 is 0 Å². The van der Waals surface area contributed by atoms with Gasteiger partial charge in [0.25, 0.3) is 0 Å². The molecule has 0 spiro atoms. The van der Waals surface area contributed by atoms with Crippen LogP contribution in [0.3, 0.4) is 0 Å². The van der Waals surface area contributed by atoms with Crippen LogP contribution in [0.5, 0.6) is 0 Å². The van der Waals surface area contributed by atoms with Gasteiger partial charge in [0, 0.05) is 43.9 Å². The van der Waals surface area contributed by atoms with E-state index in [-0.39, 0.29) is 47.3 Å². The second-order valence-corrected chi connectivity index (χ2v) is 14.1. The summed E-state index contributed by atoms with van der Waals surface area (Å²) in [6, 6.07) is 0. The highest BCUT2D eigenvalue weighted by Crippen LogP contribution is 2.69. The van der Waals surface area contributed by atoms with Crippen LogP contribution in [0.2, 0.25) is 0 Å². The van der Waals surface area contributed by atoms with E-state index < -0.39 is 11.2 Å². The van der Waals surface area contributed by atoms with Crippen LogP contribution in [0.15, 0.2) is 0 Å². The molecule has 7 heteroatoms. The zero-order chi connectivity index (χ0) is 27.6. The zero-order valence-electron chi connectivity index (χ0n) is 24.2. The lowest BCUT2D eigenvalue weighted by molar-refractivity contribution is -0.221. The Morgan fingerprint density at radius 2 is 1.84 bits per heavy atom. The lowest BCUT2D eigenvalue weighted by Crippen LogP contribution is -2.58. The summed E-state index contributed by atoms with van der Waals surface area (Å²) in [5, 5.41) is 11.6. The first-order valence-electron chi connectivity index (χ1n) is 15.0. The summed E-state index contributed by atoms with van der Waals surface area (Å²) < 4.78 is 17.2. The summed E-state index contributed by atoms with van der Waals surface area (Å²) in [6.07, 6.45) is 7.64. The molecular formula is C31H48O7. The highest BCUT2D eigenvalue weighted by Gasteiger charge is 2.71. The average molecular weight is 533 g/mol. The van der Waals surface area contributed by atoms with Gasteiger partial charge in [-0.25, -0.2) is 0 Å². The fraction of sp³-hybridized carbons (Fsp3) is 0.903. The monoisotopic (exact) mass is 532 g/mol. The van der Waals surface area contributed by atoms with Gasteiger partial charge < -0.3 is 19.3 Å². The Hall–Kier alpha value is -1.47. The normalized spacial score (nSPS) is 48.3. The van der Waals surface area contributed by atoms with Crippen molar-refractivity contribution in [1.82, 2.24) is 0 Å². The Kier molecular flexibility index (Phi) is 7.29. The predicted molar refractivity (Wildman–Crippen MR) is 141 cm³/mol. The molecule has 5 aliphatic rings. The standard InChI is InChI=1S/C31H48O7/c1-17(16-36-19(3)32)9-12-31(35)18(2)28-26(38-31)14-25-23-8-7-21-13-22(37-20(4)33)10-11-29(21,5)24(23)15-27(34)30(25,28)6/h17-18,21-26,28,35H,7-16H2,1-6H3/t17-,18-,21-,22-,23+,24-,25-,26-,28-,29-,30+,31+/m0/s1. The molecule has 214 valence electrons. The molecule has 0 aromatic heterocycles. The Bertz CT molecular complexity index is 964. The van der Waals surface area contributed by atoms with Crippen LogP contribution in [-0.4, -0.2) is 47.4 Å². The molecule has 7 nitrogen and oxygen atoms in total. The maximum absolute atomic E-state index is 14.1. The van der Waals surface area contributed by atoms with Gasteiger partial charge >= 0.3 is 11.9 Å². The molecule has 4 aliphatic carbocycles. The van der Waals surface area contributed by atoms with E-state index >= 15 is 0 Å². The minimum Gasteiger partial charge on any atom is -0.466 e. The average Bonchev–Trinajstić information content (AvgIpc) is 3.27. The van der Waals surface area contributed by atoms with Gasteiger partial charge in [-0.1, -0.05) is 27.7 Å². The Labute approximate surface area is 227 Å². The first kappa shape index (κ1) is 28.1. The van der Waals surface area contributed by atoms with E-state index in [0.717, 1.165) is 38.5 Å². The summed E-state index contributed by atoms with van der Waals surface area (Å²) in [7, 11) is 0. The molecule has 0 amide bonds. The van der Waals surface area contributed by atoms with E-state index in [4.69, 9.17) is 14.2 Å². The first-order chi connectivity index (χ1) is 17.8. The van der Waals surface area contributed by atoms with E-state index in [9.17, 15) is 19.5 Å². The van der Waals surface area contributed by atoms with E-state index in [1.807, 2.05) is 6.92 Å². The van der Waals surface area contributed by atoms with Gasteiger partial charge in [-0.2, -0.15) is 0 Å². The smallest absolute Gasteiger partial charge is 0.302 e. The van der Waals surface area contributed by atoms with Crippen molar-refractivity contribution in [1.29, 1.82) is 0 Å². The second kappa shape index (κ2) is 9.87. The van der Waals surface area contributed by atoms with Gasteiger partial charge in [0.2, 0.25) is 0 Å². The molecule has 5 fully saturated rings. The maximum Gasteiger partial charge on any atom is 0.302 e. The summed E-state index contributed by atoms with van der Waals surface area (Å²) in [5.74, 6) is 0.332. The van der Waals surface area contributed by atoms with E-state index in [2.05, 4.69) is 20.8 Å². The number of rotatable bonds is 6. The lowest BCUT2D eigenvalue weighted by atomic mass is 9.44. The van der Waals surface area contributed by atoms with Crippen molar-refractivity contribution in [3.8, 4) is 0 Å². The highest BCUT2D eigenvalue weighted by molar-refractivity contribution is 5.87. The van der Waals surface area contributed by atoms with E-state index in [1.165, 1.54) is 13.8 Å². The number of ether oxygens (including phenoxy) is 3. The van der Waals surface area contributed by atoms with Crippen LogP contribution in [0.4, 0.5) is 0 Å². The fourth-order valence-corrected chi connectivity index (χ4v) is 10.0. The quantitative estimate of drug-likeness (QED) is 0.477. The minimum atomic E-state index is -1.25. The number of ketones is 1. The van der Waals surface area contributed by atoms with Crippen LogP contribution in [-0.2, 0) is 28.6 Å². The number of carbonyl (C=O) groups excluding carboxylic acids is 3. The first-order valence-corrected chi connectivity index (χ1v) is 15.0. The van der Waals surface area contributed by atoms with E-state index in [1.54, 1.807) is 0 Å². The molecule has 0 bridgehead atoms. The molecule has 1 saturated heterocycles. The summed E-state index contributed by atoms with van der Waals surface area (Å²) in [6.45, 7) is 11.9. The van der Waals surface area contributed by atoms with Gasteiger partial charge in [0.1, 0.15) is 11.9 Å². The zero-order valence-corrected chi connectivity index (χ0v) is 24.2.